The van der Waals surface area contributed by atoms with Gasteiger partial charge in [0.15, 0.2) is 6.10 Å². The SMILES string of the molecule is CCCCCCCCCCCCC(OC(=O)CCCCCCCC)C(=O)O. The Hall–Kier alpha value is -1.06. The van der Waals surface area contributed by atoms with Crippen LogP contribution in [0.25, 0.3) is 0 Å². The van der Waals surface area contributed by atoms with Crippen molar-refractivity contribution in [1.82, 2.24) is 0 Å². The summed E-state index contributed by atoms with van der Waals surface area (Å²) < 4.78 is 5.18. The molecular formula is C23H44O4. The van der Waals surface area contributed by atoms with E-state index >= 15 is 0 Å². The number of rotatable bonds is 20. The van der Waals surface area contributed by atoms with Crippen LogP contribution in [0, 0.1) is 0 Å². The number of ether oxygens (including phenoxy) is 1. The summed E-state index contributed by atoms with van der Waals surface area (Å²) in [5.74, 6) is -1.37. The van der Waals surface area contributed by atoms with Gasteiger partial charge in [0.25, 0.3) is 0 Å². The second kappa shape index (κ2) is 19.7. The van der Waals surface area contributed by atoms with Gasteiger partial charge in [-0.15, -0.1) is 0 Å². The quantitative estimate of drug-likeness (QED) is 0.180. The fourth-order valence-corrected chi connectivity index (χ4v) is 3.32. The molecule has 0 heterocycles. The summed E-state index contributed by atoms with van der Waals surface area (Å²) in [7, 11) is 0. The van der Waals surface area contributed by atoms with E-state index in [0.717, 1.165) is 38.5 Å². The van der Waals surface area contributed by atoms with Gasteiger partial charge >= 0.3 is 11.9 Å². The summed E-state index contributed by atoms with van der Waals surface area (Å²) >= 11 is 0. The molecule has 0 aliphatic rings. The Morgan fingerprint density at radius 2 is 1.07 bits per heavy atom. The molecule has 0 fully saturated rings. The van der Waals surface area contributed by atoms with E-state index in [4.69, 9.17) is 4.74 Å². The molecule has 0 radical (unpaired) electrons. The van der Waals surface area contributed by atoms with E-state index in [1.165, 1.54) is 64.2 Å². The molecular weight excluding hydrogens is 340 g/mol. The minimum atomic E-state index is -1.01. The van der Waals surface area contributed by atoms with Crippen molar-refractivity contribution in [3.05, 3.63) is 0 Å². The first-order valence-corrected chi connectivity index (χ1v) is 11.5. The molecule has 0 saturated heterocycles. The largest absolute Gasteiger partial charge is 0.479 e. The highest BCUT2D eigenvalue weighted by molar-refractivity contribution is 5.77. The standard InChI is InChI=1S/C23H44O4/c1-3-5-7-9-11-12-13-14-15-17-19-21(23(25)26)27-22(24)20-18-16-10-8-6-4-2/h21H,3-20H2,1-2H3,(H,25,26). The number of carbonyl (C=O) groups is 2. The number of carboxylic acids is 1. The average Bonchev–Trinajstić information content (AvgIpc) is 2.65. The minimum Gasteiger partial charge on any atom is -0.479 e. The normalized spacial score (nSPS) is 12.1. The first-order chi connectivity index (χ1) is 13.1. The lowest BCUT2D eigenvalue weighted by Gasteiger charge is -2.13. The van der Waals surface area contributed by atoms with Gasteiger partial charge < -0.3 is 9.84 Å². The Morgan fingerprint density at radius 3 is 1.52 bits per heavy atom. The molecule has 27 heavy (non-hydrogen) atoms. The summed E-state index contributed by atoms with van der Waals surface area (Å²) in [4.78, 5) is 23.1. The van der Waals surface area contributed by atoms with Crippen LogP contribution < -0.4 is 0 Å². The molecule has 0 bridgehead atoms. The lowest BCUT2D eigenvalue weighted by atomic mass is 10.0. The maximum atomic E-state index is 11.8. The molecule has 0 aromatic heterocycles. The summed E-state index contributed by atoms with van der Waals surface area (Å²) in [6, 6.07) is 0. The minimum absolute atomic E-state index is 0.341. The van der Waals surface area contributed by atoms with E-state index < -0.39 is 12.1 Å². The van der Waals surface area contributed by atoms with Gasteiger partial charge in [0.1, 0.15) is 0 Å². The third kappa shape index (κ3) is 18.1. The number of aliphatic carboxylic acids is 1. The van der Waals surface area contributed by atoms with Gasteiger partial charge in [0, 0.05) is 6.42 Å². The summed E-state index contributed by atoms with van der Waals surface area (Å²) in [5.41, 5.74) is 0. The van der Waals surface area contributed by atoms with Crippen LogP contribution in [0.5, 0.6) is 0 Å². The number of hydrogen-bond donors (Lipinski definition) is 1. The lowest BCUT2D eigenvalue weighted by molar-refractivity contribution is -0.164. The molecule has 1 atom stereocenters. The van der Waals surface area contributed by atoms with Crippen molar-refractivity contribution >= 4 is 11.9 Å². The molecule has 160 valence electrons. The van der Waals surface area contributed by atoms with Crippen molar-refractivity contribution in [3.63, 3.8) is 0 Å². The van der Waals surface area contributed by atoms with Crippen LogP contribution in [-0.4, -0.2) is 23.1 Å². The van der Waals surface area contributed by atoms with Crippen LogP contribution in [0.4, 0.5) is 0 Å². The van der Waals surface area contributed by atoms with Gasteiger partial charge in [-0.05, 0) is 19.3 Å². The van der Waals surface area contributed by atoms with Crippen molar-refractivity contribution in [1.29, 1.82) is 0 Å². The fourth-order valence-electron chi connectivity index (χ4n) is 3.32. The maximum absolute atomic E-state index is 11.8. The van der Waals surface area contributed by atoms with E-state index in [2.05, 4.69) is 13.8 Å². The first kappa shape index (κ1) is 25.9. The van der Waals surface area contributed by atoms with E-state index in [9.17, 15) is 14.7 Å². The highest BCUT2D eigenvalue weighted by Crippen LogP contribution is 2.14. The van der Waals surface area contributed by atoms with Crippen molar-refractivity contribution in [2.75, 3.05) is 0 Å². The molecule has 1 N–H and O–H groups in total. The number of carbonyl (C=O) groups excluding carboxylic acids is 1. The second-order valence-electron chi connectivity index (χ2n) is 7.81. The fraction of sp³-hybridized carbons (Fsp3) is 0.913. The molecule has 4 nitrogen and oxygen atoms in total. The highest BCUT2D eigenvalue weighted by atomic mass is 16.6. The second-order valence-corrected chi connectivity index (χ2v) is 7.81. The van der Waals surface area contributed by atoms with Gasteiger partial charge in [-0.25, -0.2) is 4.79 Å². The van der Waals surface area contributed by atoms with Crippen molar-refractivity contribution in [2.24, 2.45) is 0 Å². The molecule has 0 spiro atoms. The molecule has 0 aliphatic heterocycles. The van der Waals surface area contributed by atoms with Crippen LogP contribution in [0.1, 0.15) is 129 Å². The first-order valence-electron chi connectivity index (χ1n) is 11.5. The topological polar surface area (TPSA) is 63.6 Å². The van der Waals surface area contributed by atoms with E-state index in [-0.39, 0.29) is 5.97 Å². The molecule has 0 aromatic rings. The lowest BCUT2D eigenvalue weighted by Crippen LogP contribution is -2.27. The van der Waals surface area contributed by atoms with Gasteiger partial charge in [0.05, 0.1) is 0 Å². The van der Waals surface area contributed by atoms with Gasteiger partial charge in [0.2, 0.25) is 0 Å². The van der Waals surface area contributed by atoms with Crippen LogP contribution in [-0.2, 0) is 14.3 Å². The molecule has 1 unspecified atom stereocenters. The predicted octanol–water partition coefficient (Wildman–Crippen LogP) is 7.04. The third-order valence-electron chi connectivity index (χ3n) is 5.10. The summed E-state index contributed by atoms with van der Waals surface area (Å²) in [5, 5.41) is 9.26. The Balaban J connectivity index is 3.67. The van der Waals surface area contributed by atoms with Crippen molar-refractivity contribution in [2.45, 2.75) is 136 Å². The zero-order valence-electron chi connectivity index (χ0n) is 18.0. The smallest absolute Gasteiger partial charge is 0.345 e. The Kier molecular flexibility index (Phi) is 18.9. The van der Waals surface area contributed by atoms with E-state index in [0.29, 0.717) is 12.8 Å². The molecule has 0 amide bonds. The average molecular weight is 385 g/mol. The predicted molar refractivity (Wildman–Crippen MR) is 112 cm³/mol. The molecule has 0 aliphatic carbocycles. The van der Waals surface area contributed by atoms with Crippen molar-refractivity contribution < 1.29 is 19.4 Å². The van der Waals surface area contributed by atoms with Crippen LogP contribution in [0.15, 0.2) is 0 Å². The molecule has 0 rings (SSSR count). The van der Waals surface area contributed by atoms with Crippen LogP contribution in [0.3, 0.4) is 0 Å². The molecule has 0 aromatic carbocycles. The monoisotopic (exact) mass is 384 g/mol. The number of carboxylic acid groups (broad SMARTS) is 1. The summed E-state index contributed by atoms with van der Waals surface area (Å²) in [6.07, 6.45) is 18.5. The maximum Gasteiger partial charge on any atom is 0.345 e. The highest BCUT2D eigenvalue weighted by Gasteiger charge is 2.21. The van der Waals surface area contributed by atoms with Gasteiger partial charge in [-0.3, -0.25) is 4.79 Å². The van der Waals surface area contributed by atoms with Gasteiger partial charge in [-0.2, -0.15) is 0 Å². The molecule has 4 heteroatoms. The van der Waals surface area contributed by atoms with E-state index in [1.807, 2.05) is 0 Å². The third-order valence-corrected chi connectivity index (χ3v) is 5.10. The number of esters is 1. The summed E-state index contributed by atoms with van der Waals surface area (Å²) in [6.45, 7) is 4.41. The number of hydrogen-bond acceptors (Lipinski definition) is 3. The van der Waals surface area contributed by atoms with Crippen LogP contribution in [0.2, 0.25) is 0 Å². The Labute approximate surface area is 167 Å². The Bertz CT molecular complexity index is 354. The zero-order valence-corrected chi connectivity index (χ0v) is 18.0. The van der Waals surface area contributed by atoms with E-state index in [1.54, 1.807) is 0 Å². The van der Waals surface area contributed by atoms with Gasteiger partial charge in [-0.1, -0.05) is 104 Å². The van der Waals surface area contributed by atoms with Crippen LogP contribution >= 0.6 is 0 Å². The molecule has 0 saturated carbocycles. The zero-order chi connectivity index (χ0) is 20.2. The van der Waals surface area contributed by atoms with Crippen molar-refractivity contribution in [3.8, 4) is 0 Å². The Morgan fingerprint density at radius 1 is 0.667 bits per heavy atom. The number of unbranched alkanes of at least 4 members (excludes halogenated alkanes) is 14.